The number of para-hydroxylation sites is 1. The standard InChI is InChI=1S/C24H21N3O3S2/c1-14-7-6-9-20(15(14)2)27(16(3)28)24-25-18(13-31-24)11-17(12-22(29)30)23-26-19-8-4-5-10-21(19)32-23/h4-11,13H,12H2,1-3H3,(H,29,30)/b17-11-. The van der Waals surface area contributed by atoms with E-state index in [0.29, 0.717) is 21.4 Å². The minimum Gasteiger partial charge on any atom is -0.481 e. The Kier molecular flexibility index (Phi) is 6.16. The third kappa shape index (κ3) is 4.46. The third-order valence-corrected chi connectivity index (χ3v) is 7.02. The molecule has 0 unspecified atom stereocenters. The molecule has 162 valence electrons. The van der Waals surface area contributed by atoms with Gasteiger partial charge in [0.2, 0.25) is 5.91 Å². The Hall–Kier alpha value is -3.36. The number of benzene rings is 2. The fraction of sp³-hybridized carbons (Fsp3) is 0.167. The molecule has 0 bridgehead atoms. The maximum absolute atomic E-state index is 12.5. The fourth-order valence-electron chi connectivity index (χ4n) is 3.37. The molecule has 1 amide bonds. The van der Waals surface area contributed by atoms with E-state index in [2.05, 4.69) is 9.97 Å². The summed E-state index contributed by atoms with van der Waals surface area (Å²) in [4.78, 5) is 34.8. The maximum atomic E-state index is 12.5. The molecule has 0 saturated heterocycles. The van der Waals surface area contributed by atoms with E-state index >= 15 is 0 Å². The molecular formula is C24H21N3O3S2. The lowest BCUT2D eigenvalue weighted by molar-refractivity contribution is -0.135. The second-order valence-electron chi connectivity index (χ2n) is 7.36. The normalized spacial score (nSPS) is 11.7. The number of carboxylic acid groups (broad SMARTS) is 1. The fourth-order valence-corrected chi connectivity index (χ4v) is 5.19. The first-order valence-electron chi connectivity index (χ1n) is 9.94. The first-order chi connectivity index (χ1) is 15.3. The molecular weight excluding hydrogens is 442 g/mol. The number of fused-ring (bicyclic) bond motifs is 1. The molecule has 0 aliphatic heterocycles. The summed E-state index contributed by atoms with van der Waals surface area (Å²) in [5.41, 5.74) is 4.90. The van der Waals surface area contributed by atoms with Crippen LogP contribution in [-0.4, -0.2) is 27.0 Å². The van der Waals surface area contributed by atoms with Gasteiger partial charge in [0.15, 0.2) is 5.13 Å². The van der Waals surface area contributed by atoms with Crippen molar-refractivity contribution >= 4 is 67.2 Å². The molecule has 2 aromatic heterocycles. The zero-order valence-corrected chi connectivity index (χ0v) is 19.5. The van der Waals surface area contributed by atoms with Crippen LogP contribution in [0.4, 0.5) is 10.8 Å². The monoisotopic (exact) mass is 463 g/mol. The Morgan fingerprint density at radius 2 is 1.88 bits per heavy atom. The highest BCUT2D eigenvalue weighted by atomic mass is 32.1. The van der Waals surface area contributed by atoms with E-state index in [0.717, 1.165) is 27.0 Å². The van der Waals surface area contributed by atoms with Crippen molar-refractivity contribution in [2.75, 3.05) is 4.90 Å². The van der Waals surface area contributed by atoms with Crippen LogP contribution in [0.5, 0.6) is 0 Å². The van der Waals surface area contributed by atoms with E-state index in [9.17, 15) is 14.7 Å². The van der Waals surface area contributed by atoms with E-state index in [1.165, 1.54) is 29.6 Å². The Morgan fingerprint density at radius 3 is 2.59 bits per heavy atom. The lowest BCUT2D eigenvalue weighted by atomic mass is 10.1. The number of thiazole rings is 2. The number of hydrogen-bond donors (Lipinski definition) is 1. The number of carbonyl (C=O) groups excluding carboxylic acids is 1. The lowest BCUT2D eigenvalue weighted by Gasteiger charge is -2.21. The second kappa shape index (κ2) is 9.02. The lowest BCUT2D eigenvalue weighted by Crippen LogP contribution is -2.23. The molecule has 0 atom stereocenters. The maximum Gasteiger partial charge on any atom is 0.307 e. The van der Waals surface area contributed by atoms with Gasteiger partial charge >= 0.3 is 5.97 Å². The van der Waals surface area contributed by atoms with E-state index in [1.54, 1.807) is 11.0 Å². The van der Waals surface area contributed by atoms with E-state index in [4.69, 9.17) is 0 Å². The Bertz CT molecular complexity index is 1320. The first-order valence-corrected chi connectivity index (χ1v) is 11.6. The number of carboxylic acids is 1. The SMILES string of the molecule is CC(=O)N(c1nc(/C=C(/CC(=O)O)c2nc3ccccc3s2)cs1)c1cccc(C)c1C. The molecule has 0 spiro atoms. The van der Waals surface area contributed by atoms with Crippen LogP contribution in [0.15, 0.2) is 47.8 Å². The summed E-state index contributed by atoms with van der Waals surface area (Å²) >= 11 is 2.79. The van der Waals surface area contributed by atoms with E-state index in [1.807, 2.05) is 61.7 Å². The van der Waals surface area contributed by atoms with Gasteiger partial charge in [0.05, 0.1) is 28.0 Å². The molecule has 32 heavy (non-hydrogen) atoms. The largest absolute Gasteiger partial charge is 0.481 e. The highest BCUT2D eigenvalue weighted by molar-refractivity contribution is 7.19. The van der Waals surface area contributed by atoms with Gasteiger partial charge in [-0.25, -0.2) is 9.97 Å². The summed E-state index contributed by atoms with van der Waals surface area (Å²) in [6.07, 6.45) is 1.58. The molecule has 0 aliphatic rings. The van der Waals surface area contributed by atoms with Gasteiger partial charge < -0.3 is 5.11 Å². The molecule has 0 fully saturated rings. The summed E-state index contributed by atoms with van der Waals surface area (Å²) < 4.78 is 0.996. The van der Waals surface area contributed by atoms with Crippen molar-refractivity contribution in [3.63, 3.8) is 0 Å². The molecule has 0 aliphatic carbocycles. The number of aliphatic carboxylic acids is 1. The minimum atomic E-state index is -0.938. The topological polar surface area (TPSA) is 83.4 Å². The van der Waals surface area contributed by atoms with E-state index in [-0.39, 0.29) is 12.3 Å². The molecule has 1 N–H and O–H groups in total. The van der Waals surface area contributed by atoms with Gasteiger partial charge in [-0.3, -0.25) is 14.5 Å². The van der Waals surface area contributed by atoms with Gasteiger partial charge in [-0.1, -0.05) is 24.3 Å². The molecule has 6 nitrogen and oxygen atoms in total. The number of hydrogen-bond acceptors (Lipinski definition) is 6. The summed E-state index contributed by atoms with van der Waals surface area (Å²) in [6.45, 7) is 5.49. The predicted molar refractivity (Wildman–Crippen MR) is 131 cm³/mol. The Morgan fingerprint density at radius 1 is 1.09 bits per heavy atom. The van der Waals surface area contributed by atoms with Crippen molar-refractivity contribution in [2.45, 2.75) is 27.2 Å². The second-order valence-corrected chi connectivity index (χ2v) is 9.22. The molecule has 0 radical (unpaired) electrons. The van der Waals surface area contributed by atoms with Gasteiger partial charge in [0.25, 0.3) is 0 Å². The number of aromatic nitrogens is 2. The van der Waals surface area contributed by atoms with Crippen molar-refractivity contribution in [1.29, 1.82) is 0 Å². The number of aryl methyl sites for hydroxylation is 1. The van der Waals surface area contributed by atoms with Gasteiger partial charge in [0.1, 0.15) is 5.01 Å². The van der Waals surface area contributed by atoms with Crippen LogP contribution in [-0.2, 0) is 9.59 Å². The third-order valence-electron chi connectivity index (χ3n) is 5.07. The van der Waals surface area contributed by atoms with Crippen LogP contribution in [0.3, 0.4) is 0 Å². The van der Waals surface area contributed by atoms with Crippen LogP contribution in [0.1, 0.15) is 35.2 Å². The number of anilines is 2. The summed E-state index contributed by atoms with van der Waals surface area (Å²) in [6, 6.07) is 13.5. The van der Waals surface area contributed by atoms with Crippen molar-refractivity contribution in [1.82, 2.24) is 9.97 Å². The van der Waals surface area contributed by atoms with Gasteiger partial charge in [-0.05, 0) is 49.2 Å². The average Bonchev–Trinajstić information content (AvgIpc) is 3.37. The smallest absolute Gasteiger partial charge is 0.307 e. The Balaban J connectivity index is 1.74. The van der Waals surface area contributed by atoms with Crippen LogP contribution in [0.2, 0.25) is 0 Å². The molecule has 2 aromatic carbocycles. The van der Waals surface area contributed by atoms with Crippen molar-refractivity contribution in [3.8, 4) is 0 Å². The van der Waals surface area contributed by atoms with Gasteiger partial charge in [0, 0.05) is 17.9 Å². The first kappa shape index (κ1) is 21.9. The van der Waals surface area contributed by atoms with Crippen LogP contribution >= 0.6 is 22.7 Å². The zero-order chi connectivity index (χ0) is 22.8. The average molecular weight is 464 g/mol. The van der Waals surface area contributed by atoms with E-state index < -0.39 is 5.97 Å². The van der Waals surface area contributed by atoms with Crippen molar-refractivity contribution < 1.29 is 14.7 Å². The van der Waals surface area contributed by atoms with Crippen LogP contribution in [0.25, 0.3) is 21.9 Å². The molecule has 2 heterocycles. The number of rotatable bonds is 6. The molecule has 4 aromatic rings. The summed E-state index contributed by atoms with van der Waals surface area (Å²) in [5.74, 6) is -1.08. The number of carbonyl (C=O) groups is 2. The quantitative estimate of drug-likeness (QED) is 0.375. The number of amides is 1. The van der Waals surface area contributed by atoms with Crippen molar-refractivity contribution in [3.05, 3.63) is 69.7 Å². The summed E-state index contributed by atoms with van der Waals surface area (Å²) in [7, 11) is 0. The molecule has 0 saturated carbocycles. The zero-order valence-electron chi connectivity index (χ0n) is 17.8. The molecule has 8 heteroatoms. The highest BCUT2D eigenvalue weighted by Gasteiger charge is 2.20. The highest BCUT2D eigenvalue weighted by Crippen LogP contribution is 2.34. The van der Waals surface area contributed by atoms with Gasteiger partial charge in [-0.2, -0.15) is 0 Å². The minimum absolute atomic E-state index is 0.138. The molecule has 4 rings (SSSR count). The predicted octanol–water partition coefficient (Wildman–Crippen LogP) is 6.07. The number of nitrogens with zero attached hydrogens (tertiary/aromatic N) is 3. The van der Waals surface area contributed by atoms with Crippen LogP contribution < -0.4 is 4.90 Å². The van der Waals surface area contributed by atoms with Crippen LogP contribution in [0, 0.1) is 13.8 Å². The summed E-state index contributed by atoms with van der Waals surface area (Å²) in [5, 5.41) is 12.5. The van der Waals surface area contributed by atoms with Crippen molar-refractivity contribution in [2.24, 2.45) is 0 Å². The Labute approximate surface area is 193 Å². The van der Waals surface area contributed by atoms with Gasteiger partial charge in [-0.15, -0.1) is 22.7 Å².